The summed E-state index contributed by atoms with van der Waals surface area (Å²) in [5.41, 5.74) is 0.248. The fraction of sp³-hybridized carbons (Fsp3) is 0.273. The first kappa shape index (κ1) is 12.6. The lowest BCUT2D eigenvalue weighted by atomic mass is 10.2. The van der Waals surface area contributed by atoms with Gasteiger partial charge in [0.25, 0.3) is 0 Å². The molecule has 6 nitrogen and oxygen atoms in total. The molecule has 2 aromatic rings. The SMILES string of the molecule is O=C(O)c1ccc(Sc2nnnn2C2CC2)c(Br)c1. The zero-order chi connectivity index (χ0) is 13.4. The van der Waals surface area contributed by atoms with Gasteiger partial charge in [0, 0.05) is 9.37 Å². The summed E-state index contributed by atoms with van der Waals surface area (Å²) in [6, 6.07) is 5.32. The topological polar surface area (TPSA) is 80.9 Å². The van der Waals surface area contributed by atoms with Gasteiger partial charge in [-0.2, -0.15) is 0 Å². The molecule has 1 fully saturated rings. The van der Waals surface area contributed by atoms with Crippen LogP contribution >= 0.6 is 27.7 Å². The lowest BCUT2D eigenvalue weighted by Gasteiger charge is -2.05. The van der Waals surface area contributed by atoms with Crippen molar-refractivity contribution >= 4 is 33.7 Å². The number of hydrogen-bond donors (Lipinski definition) is 1. The van der Waals surface area contributed by atoms with Crippen LogP contribution in [0.2, 0.25) is 0 Å². The molecule has 0 radical (unpaired) electrons. The smallest absolute Gasteiger partial charge is 0.335 e. The maximum absolute atomic E-state index is 10.9. The van der Waals surface area contributed by atoms with Crippen molar-refractivity contribution in [3.05, 3.63) is 28.2 Å². The summed E-state index contributed by atoms with van der Waals surface area (Å²) in [6.07, 6.45) is 2.22. The van der Waals surface area contributed by atoms with Gasteiger partial charge in [-0.3, -0.25) is 0 Å². The second kappa shape index (κ2) is 4.93. The first-order valence-corrected chi connectivity index (χ1v) is 7.24. The average molecular weight is 341 g/mol. The van der Waals surface area contributed by atoms with E-state index >= 15 is 0 Å². The molecule has 1 heterocycles. The van der Waals surface area contributed by atoms with Crippen molar-refractivity contribution < 1.29 is 9.90 Å². The molecule has 1 aliphatic carbocycles. The summed E-state index contributed by atoms with van der Waals surface area (Å²) in [7, 11) is 0. The second-order valence-corrected chi connectivity index (χ2v) is 6.05. The molecule has 0 atom stereocenters. The molecule has 3 rings (SSSR count). The van der Waals surface area contributed by atoms with Crippen LogP contribution in [0.1, 0.15) is 29.2 Å². The summed E-state index contributed by atoms with van der Waals surface area (Å²) >= 11 is 4.80. The van der Waals surface area contributed by atoms with Gasteiger partial charge >= 0.3 is 5.97 Å². The van der Waals surface area contributed by atoms with Gasteiger partial charge in [-0.05, 0) is 69.2 Å². The Labute approximate surface area is 121 Å². The third-order valence-corrected chi connectivity index (χ3v) is 4.68. The number of hydrogen-bond acceptors (Lipinski definition) is 5. The van der Waals surface area contributed by atoms with Crippen LogP contribution < -0.4 is 0 Å². The van der Waals surface area contributed by atoms with E-state index in [0.29, 0.717) is 6.04 Å². The molecule has 1 saturated carbocycles. The highest BCUT2D eigenvalue weighted by atomic mass is 79.9. The Balaban J connectivity index is 1.86. The van der Waals surface area contributed by atoms with Gasteiger partial charge in [0.2, 0.25) is 5.16 Å². The number of tetrazole rings is 1. The number of benzene rings is 1. The maximum Gasteiger partial charge on any atom is 0.335 e. The number of nitrogens with zero attached hydrogens (tertiary/aromatic N) is 4. The van der Waals surface area contributed by atoms with Gasteiger partial charge in [0.05, 0.1) is 11.6 Å². The van der Waals surface area contributed by atoms with E-state index in [2.05, 4.69) is 31.5 Å². The first-order chi connectivity index (χ1) is 9.15. The number of aromatic nitrogens is 4. The Morgan fingerprint density at radius 2 is 2.26 bits per heavy atom. The van der Waals surface area contributed by atoms with Crippen LogP contribution in [0.4, 0.5) is 0 Å². The van der Waals surface area contributed by atoms with Crippen molar-refractivity contribution in [1.29, 1.82) is 0 Å². The Hall–Kier alpha value is -1.41. The molecule has 19 heavy (non-hydrogen) atoms. The van der Waals surface area contributed by atoms with Gasteiger partial charge in [-0.1, -0.05) is 0 Å². The molecule has 8 heteroatoms. The van der Waals surface area contributed by atoms with Crippen molar-refractivity contribution in [2.75, 3.05) is 0 Å². The molecular formula is C11H9BrN4O2S. The molecule has 1 aromatic heterocycles. The molecule has 1 aromatic carbocycles. The van der Waals surface area contributed by atoms with Crippen LogP contribution in [0.5, 0.6) is 0 Å². The van der Waals surface area contributed by atoms with Crippen LogP contribution in [0.15, 0.2) is 32.7 Å². The van der Waals surface area contributed by atoms with Crippen LogP contribution in [0.25, 0.3) is 0 Å². The average Bonchev–Trinajstić information content (AvgIpc) is 3.12. The highest BCUT2D eigenvalue weighted by Crippen LogP contribution is 2.39. The quantitative estimate of drug-likeness (QED) is 0.921. The molecule has 0 saturated heterocycles. The number of carboxylic acids is 1. The highest BCUT2D eigenvalue weighted by molar-refractivity contribution is 9.10. The van der Waals surface area contributed by atoms with Crippen LogP contribution in [-0.2, 0) is 0 Å². The Morgan fingerprint density at radius 1 is 1.47 bits per heavy atom. The minimum Gasteiger partial charge on any atom is -0.478 e. The number of carboxylic acid groups (broad SMARTS) is 1. The van der Waals surface area contributed by atoms with E-state index in [1.807, 2.05) is 4.68 Å². The molecule has 0 bridgehead atoms. The van der Waals surface area contributed by atoms with E-state index in [4.69, 9.17) is 5.11 Å². The lowest BCUT2D eigenvalue weighted by Crippen LogP contribution is -1.99. The summed E-state index contributed by atoms with van der Waals surface area (Å²) in [5.74, 6) is -0.944. The Morgan fingerprint density at radius 3 is 2.89 bits per heavy atom. The normalized spacial score (nSPS) is 14.6. The summed E-state index contributed by atoms with van der Waals surface area (Å²) < 4.78 is 2.55. The van der Waals surface area contributed by atoms with Gasteiger partial charge in [-0.15, -0.1) is 5.10 Å². The fourth-order valence-corrected chi connectivity index (χ4v) is 3.08. The fourth-order valence-electron chi connectivity index (χ4n) is 1.62. The van der Waals surface area contributed by atoms with E-state index in [0.717, 1.165) is 27.4 Å². The Kier molecular flexibility index (Phi) is 3.28. The van der Waals surface area contributed by atoms with E-state index in [1.54, 1.807) is 18.2 Å². The predicted molar refractivity (Wildman–Crippen MR) is 71.3 cm³/mol. The van der Waals surface area contributed by atoms with Gasteiger partial charge in [0.1, 0.15) is 0 Å². The molecule has 1 aliphatic rings. The third-order valence-electron chi connectivity index (χ3n) is 2.74. The third kappa shape index (κ3) is 2.64. The summed E-state index contributed by atoms with van der Waals surface area (Å²) in [5, 5.41) is 21.3. The molecule has 98 valence electrons. The van der Waals surface area contributed by atoms with Crippen LogP contribution in [0.3, 0.4) is 0 Å². The second-order valence-electron chi connectivity index (χ2n) is 4.19. The lowest BCUT2D eigenvalue weighted by molar-refractivity contribution is 0.0696. The molecule has 0 unspecified atom stereocenters. The standard InChI is InChI=1S/C11H9BrN4O2S/c12-8-5-6(10(17)18)1-4-9(8)19-11-13-14-15-16(11)7-2-3-7/h1,4-5,7H,2-3H2,(H,17,18). The highest BCUT2D eigenvalue weighted by Gasteiger charge is 2.28. The van der Waals surface area contributed by atoms with E-state index < -0.39 is 5.97 Å². The van der Waals surface area contributed by atoms with Crippen LogP contribution in [0, 0.1) is 0 Å². The Bertz CT molecular complexity index is 641. The minimum atomic E-state index is -0.944. The number of carbonyl (C=O) groups is 1. The summed E-state index contributed by atoms with van der Waals surface area (Å²) in [6.45, 7) is 0. The molecule has 0 aliphatic heterocycles. The van der Waals surface area contributed by atoms with Crippen molar-refractivity contribution in [1.82, 2.24) is 20.2 Å². The molecular weight excluding hydrogens is 332 g/mol. The molecule has 0 amide bonds. The number of halogens is 1. The van der Waals surface area contributed by atoms with Crippen molar-refractivity contribution in [2.24, 2.45) is 0 Å². The largest absolute Gasteiger partial charge is 0.478 e. The molecule has 1 N–H and O–H groups in total. The van der Waals surface area contributed by atoms with Gasteiger partial charge in [0.15, 0.2) is 0 Å². The van der Waals surface area contributed by atoms with E-state index in [-0.39, 0.29) is 5.56 Å². The number of aromatic carboxylic acids is 1. The van der Waals surface area contributed by atoms with Crippen molar-refractivity contribution in [2.45, 2.75) is 28.9 Å². The first-order valence-electron chi connectivity index (χ1n) is 5.63. The van der Waals surface area contributed by atoms with E-state index in [1.165, 1.54) is 11.8 Å². The van der Waals surface area contributed by atoms with E-state index in [9.17, 15) is 4.79 Å². The van der Waals surface area contributed by atoms with Crippen LogP contribution in [-0.4, -0.2) is 31.3 Å². The van der Waals surface area contributed by atoms with Crippen molar-refractivity contribution in [3.63, 3.8) is 0 Å². The van der Waals surface area contributed by atoms with Gasteiger partial charge in [-0.25, -0.2) is 9.48 Å². The minimum absolute atomic E-state index is 0.248. The zero-order valence-electron chi connectivity index (χ0n) is 9.65. The molecule has 0 spiro atoms. The summed E-state index contributed by atoms with van der Waals surface area (Å²) in [4.78, 5) is 11.8. The predicted octanol–water partition coefficient (Wildman–Crippen LogP) is 2.62. The monoisotopic (exact) mass is 340 g/mol. The zero-order valence-corrected chi connectivity index (χ0v) is 12.1. The number of rotatable bonds is 4. The maximum atomic E-state index is 10.9. The van der Waals surface area contributed by atoms with Gasteiger partial charge < -0.3 is 5.11 Å². The van der Waals surface area contributed by atoms with Crippen molar-refractivity contribution in [3.8, 4) is 0 Å².